The van der Waals surface area contributed by atoms with E-state index in [1.54, 1.807) is 0 Å². The lowest BCUT2D eigenvalue weighted by Gasteiger charge is -2.20. The Bertz CT molecular complexity index is 538. The normalized spacial score (nSPS) is 12.5. The summed E-state index contributed by atoms with van der Waals surface area (Å²) in [5, 5.41) is 8.08. The fourth-order valence-electron chi connectivity index (χ4n) is 2.48. The molecule has 0 saturated carbocycles. The summed E-state index contributed by atoms with van der Waals surface area (Å²) in [6.07, 6.45) is 8.83. The van der Waals surface area contributed by atoms with E-state index in [1.165, 1.54) is 11.3 Å². The first-order valence-corrected chi connectivity index (χ1v) is 8.39. The summed E-state index contributed by atoms with van der Waals surface area (Å²) >= 11 is 3.64. The van der Waals surface area contributed by atoms with E-state index in [4.69, 9.17) is 0 Å². The molecule has 2 rings (SSSR count). The third-order valence-electron chi connectivity index (χ3n) is 3.55. The van der Waals surface area contributed by atoms with Crippen molar-refractivity contribution >= 4 is 15.9 Å². The van der Waals surface area contributed by atoms with E-state index in [9.17, 15) is 0 Å². The summed E-state index contributed by atoms with van der Waals surface area (Å²) in [6.45, 7) is 6.22. The Balaban J connectivity index is 2.12. The molecule has 21 heavy (non-hydrogen) atoms. The number of hydrogen-bond acceptors (Lipinski definition) is 3. The summed E-state index contributed by atoms with van der Waals surface area (Å²) in [4.78, 5) is 4.19. The number of aryl methyl sites for hydroxylation is 2. The molecule has 0 fully saturated rings. The van der Waals surface area contributed by atoms with Crippen molar-refractivity contribution in [1.82, 2.24) is 20.1 Å². The van der Waals surface area contributed by atoms with Crippen molar-refractivity contribution in [2.45, 2.75) is 45.7 Å². The SMILES string of the molecule is CCCNC(CCc1cccnc1)c1c(Br)cnn1CC. The van der Waals surface area contributed by atoms with Crippen molar-refractivity contribution in [2.24, 2.45) is 0 Å². The molecule has 4 nitrogen and oxygen atoms in total. The van der Waals surface area contributed by atoms with Gasteiger partial charge in [0.2, 0.25) is 0 Å². The van der Waals surface area contributed by atoms with Crippen molar-refractivity contribution in [3.63, 3.8) is 0 Å². The monoisotopic (exact) mass is 350 g/mol. The van der Waals surface area contributed by atoms with Crippen LogP contribution in [-0.4, -0.2) is 21.3 Å². The molecule has 0 amide bonds. The van der Waals surface area contributed by atoms with E-state index >= 15 is 0 Å². The Morgan fingerprint density at radius 3 is 2.86 bits per heavy atom. The van der Waals surface area contributed by atoms with Gasteiger partial charge in [0.05, 0.1) is 22.4 Å². The predicted octanol–water partition coefficient (Wildman–Crippen LogP) is 3.73. The number of nitrogens with zero attached hydrogens (tertiary/aromatic N) is 3. The van der Waals surface area contributed by atoms with Crippen LogP contribution in [0.15, 0.2) is 35.2 Å². The molecule has 1 unspecified atom stereocenters. The van der Waals surface area contributed by atoms with Crippen molar-refractivity contribution in [3.05, 3.63) is 46.5 Å². The molecule has 2 aromatic heterocycles. The van der Waals surface area contributed by atoms with Crippen LogP contribution in [0.3, 0.4) is 0 Å². The van der Waals surface area contributed by atoms with Crippen LogP contribution in [0.5, 0.6) is 0 Å². The molecule has 0 bridgehead atoms. The van der Waals surface area contributed by atoms with Gasteiger partial charge >= 0.3 is 0 Å². The van der Waals surface area contributed by atoms with Gasteiger partial charge in [-0.05, 0) is 60.3 Å². The Hall–Kier alpha value is -1.20. The summed E-state index contributed by atoms with van der Waals surface area (Å²) in [5.74, 6) is 0. The molecule has 1 atom stereocenters. The summed E-state index contributed by atoms with van der Waals surface area (Å²) in [5.41, 5.74) is 2.52. The fourth-order valence-corrected chi connectivity index (χ4v) is 3.05. The number of pyridine rings is 1. The number of aromatic nitrogens is 3. The highest BCUT2D eigenvalue weighted by molar-refractivity contribution is 9.10. The molecule has 114 valence electrons. The van der Waals surface area contributed by atoms with Crippen LogP contribution in [0.2, 0.25) is 0 Å². The van der Waals surface area contributed by atoms with E-state index in [1.807, 2.05) is 24.7 Å². The smallest absolute Gasteiger partial charge is 0.0695 e. The number of hydrogen-bond donors (Lipinski definition) is 1. The van der Waals surface area contributed by atoms with Gasteiger partial charge in [0, 0.05) is 18.9 Å². The highest BCUT2D eigenvalue weighted by atomic mass is 79.9. The molecular weight excluding hydrogens is 328 g/mol. The van der Waals surface area contributed by atoms with Crippen molar-refractivity contribution in [2.75, 3.05) is 6.54 Å². The lowest BCUT2D eigenvalue weighted by atomic mass is 10.0. The minimum absolute atomic E-state index is 0.307. The van der Waals surface area contributed by atoms with Crippen LogP contribution in [0.25, 0.3) is 0 Å². The van der Waals surface area contributed by atoms with Gasteiger partial charge in [-0.2, -0.15) is 5.10 Å². The molecule has 2 aromatic rings. The largest absolute Gasteiger partial charge is 0.309 e. The molecular formula is C16H23BrN4. The van der Waals surface area contributed by atoms with Crippen molar-refractivity contribution in [3.8, 4) is 0 Å². The zero-order valence-corrected chi connectivity index (χ0v) is 14.3. The molecule has 5 heteroatoms. The van der Waals surface area contributed by atoms with Crippen molar-refractivity contribution < 1.29 is 0 Å². The first-order chi connectivity index (χ1) is 10.3. The quantitative estimate of drug-likeness (QED) is 0.788. The van der Waals surface area contributed by atoms with Gasteiger partial charge in [0.25, 0.3) is 0 Å². The summed E-state index contributed by atoms with van der Waals surface area (Å²) in [6, 6.07) is 4.44. The van der Waals surface area contributed by atoms with Crippen LogP contribution in [0, 0.1) is 0 Å². The Morgan fingerprint density at radius 2 is 2.19 bits per heavy atom. The number of rotatable bonds is 8. The van der Waals surface area contributed by atoms with Gasteiger partial charge in [-0.15, -0.1) is 0 Å². The first kappa shape index (κ1) is 16.2. The maximum atomic E-state index is 4.44. The predicted molar refractivity (Wildman–Crippen MR) is 89.2 cm³/mol. The molecule has 0 spiro atoms. The van der Waals surface area contributed by atoms with E-state index in [0.717, 1.165) is 36.8 Å². The number of halogens is 1. The molecule has 0 aliphatic carbocycles. The van der Waals surface area contributed by atoms with Crippen LogP contribution in [0.4, 0.5) is 0 Å². The van der Waals surface area contributed by atoms with Crippen LogP contribution >= 0.6 is 15.9 Å². The average Bonchev–Trinajstić information content (AvgIpc) is 2.89. The van der Waals surface area contributed by atoms with Crippen LogP contribution < -0.4 is 5.32 Å². The third-order valence-corrected chi connectivity index (χ3v) is 4.16. The topological polar surface area (TPSA) is 42.7 Å². The lowest BCUT2D eigenvalue weighted by molar-refractivity contribution is 0.455. The maximum Gasteiger partial charge on any atom is 0.0695 e. The minimum atomic E-state index is 0.307. The maximum absolute atomic E-state index is 4.44. The molecule has 0 aliphatic heterocycles. The lowest BCUT2D eigenvalue weighted by Crippen LogP contribution is -2.25. The van der Waals surface area contributed by atoms with E-state index < -0.39 is 0 Å². The second kappa shape index (κ2) is 8.29. The summed E-state index contributed by atoms with van der Waals surface area (Å²) < 4.78 is 3.16. The standard InChI is InChI=1S/C16H23BrN4/c1-3-9-19-15(8-7-13-6-5-10-18-11-13)16-14(17)12-20-21(16)4-2/h5-6,10-12,15,19H,3-4,7-9H2,1-2H3. The van der Waals surface area contributed by atoms with Gasteiger partial charge in [-0.3, -0.25) is 9.67 Å². The van der Waals surface area contributed by atoms with Gasteiger partial charge in [0.1, 0.15) is 0 Å². The number of nitrogens with one attached hydrogen (secondary N) is 1. The molecule has 2 heterocycles. The molecule has 0 radical (unpaired) electrons. The molecule has 0 aliphatic rings. The Morgan fingerprint density at radius 1 is 1.33 bits per heavy atom. The van der Waals surface area contributed by atoms with Crippen molar-refractivity contribution in [1.29, 1.82) is 0 Å². The first-order valence-electron chi connectivity index (χ1n) is 7.59. The second-order valence-corrected chi connectivity index (χ2v) is 5.95. The highest BCUT2D eigenvalue weighted by Crippen LogP contribution is 2.26. The Kier molecular flexibility index (Phi) is 6.39. The second-order valence-electron chi connectivity index (χ2n) is 5.10. The van der Waals surface area contributed by atoms with Gasteiger partial charge in [0.15, 0.2) is 0 Å². The third kappa shape index (κ3) is 4.38. The minimum Gasteiger partial charge on any atom is -0.309 e. The Labute approximate surface area is 135 Å². The average molecular weight is 351 g/mol. The zero-order valence-electron chi connectivity index (χ0n) is 12.7. The van der Waals surface area contributed by atoms with E-state index in [0.29, 0.717) is 6.04 Å². The van der Waals surface area contributed by atoms with E-state index in [2.05, 4.69) is 55.9 Å². The van der Waals surface area contributed by atoms with Gasteiger partial charge in [-0.25, -0.2) is 0 Å². The molecule has 0 aromatic carbocycles. The van der Waals surface area contributed by atoms with Crippen LogP contribution in [0.1, 0.15) is 44.0 Å². The van der Waals surface area contributed by atoms with Gasteiger partial charge in [-0.1, -0.05) is 13.0 Å². The summed E-state index contributed by atoms with van der Waals surface area (Å²) in [7, 11) is 0. The van der Waals surface area contributed by atoms with E-state index in [-0.39, 0.29) is 0 Å². The fraction of sp³-hybridized carbons (Fsp3) is 0.500. The van der Waals surface area contributed by atoms with Crippen LogP contribution in [-0.2, 0) is 13.0 Å². The molecule has 1 N–H and O–H groups in total. The molecule has 0 saturated heterocycles. The zero-order chi connectivity index (χ0) is 15.1. The van der Waals surface area contributed by atoms with Gasteiger partial charge < -0.3 is 5.32 Å². The highest BCUT2D eigenvalue weighted by Gasteiger charge is 2.19.